The highest BCUT2D eigenvalue weighted by Gasteiger charge is 2.25. The molecular weight excluding hydrogens is 336 g/mol. The van der Waals surface area contributed by atoms with Gasteiger partial charge < -0.3 is 5.32 Å². The van der Waals surface area contributed by atoms with Crippen molar-refractivity contribution in [1.82, 2.24) is 5.32 Å². The highest BCUT2D eigenvalue weighted by atomic mass is 35.5. The van der Waals surface area contributed by atoms with E-state index in [2.05, 4.69) is 5.32 Å². The molecule has 0 heterocycles. The number of carbonyl (C=O) groups is 1. The predicted molar refractivity (Wildman–Crippen MR) is 95.2 cm³/mol. The Morgan fingerprint density at radius 2 is 1.70 bits per heavy atom. The topological polar surface area (TPSA) is 66.5 Å². The fraction of sp³-hybridized carbons (Fsp3) is 0.562. The van der Waals surface area contributed by atoms with E-state index >= 15 is 0 Å². The van der Waals surface area contributed by atoms with Crippen LogP contribution in [0.1, 0.15) is 27.7 Å². The van der Waals surface area contributed by atoms with E-state index in [0.29, 0.717) is 5.69 Å². The molecule has 0 bridgehead atoms. The molecule has 0 unspecified atom stereocenters. The highest BCUT2D eigenvalue weighted by Crippen LogP contribution is 2.27. The van der Waals surface area contributed by atoms with Crippen molar-refractivity contribution in [1.29, 1.82) is 0 Å². The number of carbonyl (C=O) groups excluding carboxylic acids is 1. The summed E-state index contributed by atoms with van der Waals surface area (Å²) in [6.45, 7) is 7.79. The number of nitrogens with zero attached hydrogens (tertiary/aromatic N) is 1. The van der Waals surface area contributed by atoms with Crippen molar-refractivity contribution in [2.75, 3.05) is 17.1 Å². The fourth-order valence-electron chi connectivity index (χ4n) is 2.50. The number of amides is 1. The van der Waals surface area contributed by atoms with Gasteiger partial charge in [-0.05, 0) is 24.0 Å². The molecule has 0 saturated carbocycles. The first-order valence-electron chi connectivity index (χ1n) is 7.55. The summed E-state index contributed by atoms with van der Waals surface area (Å²) in [6.07, 6.45) is 1.06. The lowest BCUT2D eigenvalue weighted by molar-refractivity contribution is -0.121. The van der Waals surface area contributed by atoms with Crippen molar-refractivity contribution in [3.63, 3.8) is 0 Å². The van der Waals surface area contributed by atoms with Crippen LogP contribution < -0.4 is 9.62 Å². The number of rotatable bonds is 7. The van der Waals surface area contributed by atoms with E-state index in [0.717, 1.165) is 10.6 Å². The number of sulfonamides is 1. The molecular formula is C16H25ClN2O3S. The number of para-hydroxylation sites is 1. The van der Waals surface area contributed by atoms with Gasteiger partial charge in [0.15, 0.2) is 0 Å². The Hall–Kier alpha value is -1.27. The standard InChI is InChI=1S/C16H25ClN2O3S/c1-11(2)16(12(3)4)18-15(20)10-19(23(5,21)22)14-9-7-6-8-13(14)17/h6-9,11-12,16H,10H2,1-5H3,(H,18,20). The van der Waals surface area contributed by atoms with Gasteiger partial charge in [-0.1, -0.05) is 51.4 Å². The summed E-state index contributed by atoms with van der Waals surface area (Å²) in [6, 6.07) is 6.55. The van der Waals surface area contributed by atoms with Gasteiger partial charge in [0.05, 0.1) is 17.0 Å². The molecule has 0 atom stereocenters. The Morgan fingerprint density at radius 1 is 1.17 bits per heavy atom. The minimum absolute atomic E-state index is 0.0184. The third kappa shape index (κ3) is 5.70. The molecule has 1 rings (SSSR count). The van der Waals surface area contributed by atoms with Gasteiger partial charge in [-0.3, -0.25) is 9.10 Å². The second kappa shape index (κ2) is 8.02. The molecule has 0 aliphatic carbocycles. The smallest absolute Gasteiger partial charge is 0.241 e. The van der Waals surface area contributed by atoms with E-state index in [-0.39, 0.29) is 35.4 Å². The second-order valence-electron chi connectivity index (χ2n) is 6.30. The molecule has 23 heavy (non-hydrogen) atoms. The maximum atomic E-state index is 12.3. The summed E-state index contributed by atoms with van der Waals surface area (Å²) < 4.78 is 25.2. The Balaban J connectivity index is 3.00. The molecule has 1 aromatic carbocycles. The molecule has 1 N–H and O–H groups in total. The molecule has 130 valence electrons. The molecule has 0 aliphatic heterocycles. The second-order valence-corrected chi connectivity index (χ2v) is 8.62. The quantitative estimate of drug-likeness (QED) is 0.813. The summed E-state index contributed by atoms with van der Waals surface area (Å²) >= 11 is 6.08. The van der Waals surface area contributed by atoms with Crippen LogP contribution >= 0.6 is 11.6 Å². The van der Waals surface area contributed by atoms with Gasteiger partial charge in [-0.2, -0.15) is 0 Å². The largest absolute Gasteiger partial charge is 0.351 e. The zero-order chi connectivity index (χ0) is 17.8. The minimum atomic E-state index is -3.62. The minimum Gasteiger partial charge on any atom is -0.351 e. The molecule has 0 aliphatic rings. The molecule has 5 nitrogen and oxygen atoms in total. The molecule has 1 amide bonds. The SMILES string of the molecule is CC(C)C(NC(=O)CN(c1ccccc1Cl)S(C)(=O)=O)C(C)C. The van der Waals surface area contributed by atoms with Crippen LogP contribution in [0.15, 0.2) is 24.3 Å². The molecule has 7 heteroatoms. The van der Waals surface area contributed by atoms with E-state index in [9.17, 15) is 13.2 Å². The Morgan fingerprint density at radius 3 is 2.13 bits per heavy atom. The fourth-order valence-corrected chi connectivity index (χ4v) is 3.66. The number of nitrogens with one attached hydrogen (secondary N) is 1. The first-order chi connectivity index (χ1) is 10.5. The van der Waals surface area contributed by atoms with Crippen LogP contribution in [0.25, 0.3) is 0 Å². The third-order valence-corrected chi connectivity index (χ3v) is 5.02. The van der Waals surface area contributed by atoms with Gasteiger partial charge in [-0.25, -0.2) is 8.42 Å². The van der Waals surface area contributed by atoms with Crippen molar-refractivity contribution >= 4 is 33.2 Å². The Bertz CT molecular complexity index is 636. The van der Waals surface area contributed by atoms with Crippen LogP contribution in [0.3, 0.4) is 0 Å². The number of benzene rings is 1. The maximum absolute atomic E-state index is 12.3. The van der Waals surface area contributed by atoms with E-state index in [1.807, 2.05) is 27.7 Å². The van der Waals surface area contributed by atoms with Gasteiger partial charge >= 0.3 is 0 Å². The van der Waals surface area contributed by atoms with Crippen LogP contribution in [0, 0.1) is 11.8 Å². The van der Waals surface area contributed by atoms with E-state index in [1.165, 1.54) is 0 Å². The number of anilines is 1. The van der Waals surface area contributed by atoms with Crippen molar-refractivity contribution in [3.8, 4) is 0 Å². The van der Waals surface area contributed by atoms with Crippen molar-refractivity contribution in [2.45, 2.75) is 33.7 Å². The average molecular weight is 361 g/mol. The molecule has 0 fully saturated rings. The summed E-state index contributed by atoms with van der Waals surface area (Å²) in [5.41, 5.74) is 0.303. The maximum Gasteiger partial charge on any atom is 0.241 e. The lowest BCUT2D eigenvalue weighted by atomic mass is 9.93. The van der Waals surface area contributed by atoms with E-state index in [1.54, 1.807) is 24.3 Å². The lowest BCUT2D eigenvalue weighted by Crippen LogP contribution is -2.47. The first-order valence-corrected chi connectivity index (χ1v) is 9.78. The molecule has 0 spiro atoms. The predicted octanol–water partition coefficient (Wildman–Crippen LogP) is 2.90. The van der Waals surface area contributed by atoms with Crippen LogP contribution in [0.4, 0.5) is 5.69 Å². The number of halogens is 1. The molecule has 0 saturated heterocycles. The summed E-state index contributed by atoms with van der Waals surface area (Å²) in [5.74, 6) is 0.166. The monoisotopic (exact) mass is 360 g/mol. The van der Waals surface area contributed by atoms with E-state index in [4.69, 9.17) is 11.6 Å². The van der Waals surface area contributed by atoms with Crippen LogP contribution in [0.2, 0.25) is 5.02 Å². The van der Waals surface area contributed by atoms with Crippen LogP contribution in [-0.4, -0.2) is 33.2 Å². The average Bonchev–Trinajstić information content (AvgIpc) is 2.41. The van der Waals surface area contributed by atoms with Crippen molar-refractivity contribution in [2.24, 2.45) is 11.8 Å². The Kier molecular flexibility index (Phi) is 6.89. The summed E-state index contributed by atoms with van der Waals surface area (Å²) in [7, 11) is -3.62. The van der Waals surface area contributed by atoms with Crippen LogP contribution in [0.5, 0.6) is 0 Å². The van der Waals surface area contributed by atoms with Gasteiger partial charge in [0, 0.05) is 6.04 Å². The van der Waals surface area contributed by atoms with Crippen molar-refractivity contribution in [3.05, 3.63) is 29.3 Å². The van der Waals surface area contributed by atoms with Crippen LogP contribution in [-0.2, 0) is 14.8 Å². The molecule has 0 radical (unpaired) electrons. The van der Waals surface area contributed by atoms with Gasteiger partial charge in [0.1, 0.15) is 6.54 Å². The molecule has 0 aromatic heterocycles. The van der Waals surface area contributed by atoms with Gasteiger partial charge in [0.25, 0.3) is 0 Å². The molecule has 1 aromatic rings. The summed E-state index contributed by atoms with van der Waals surface area (Å²) in [4.78, 5) is 12.3. The van der Waals surface area contributed by atoms with E-state index < -0.39 is 10.0 Å². The zero-order valence-corrected chi connectivity index (χ0v) is 15.8. The normalized spacial score (nSPS) is 12.0. The summed E-state index contributed by atoms with van der Waals surface area (Å²) in [5, 5.41) is 3.21. The first kappa shape index (κ1) is 19.8. The number of hydrogen-bond acceptors (Lipinski definition) is 3. The third-order valence-electron chi connectivity index (χ3n) is 3.57. The van der Waals surface area contributed by atoms with Gasteiger partial charge in [0.2, 0.25) is 15.9 Å². The Labute approximate surface area is 144 Å². The highest BCUT2D eigenvalue weighted by molar-refractivity contribution is 7.92. The van der Waals surface area contributed by atoms with Gasteiger partial charge in [-0.15, -0.1) is 0 Å². The van der Waals surface area contributed by atoms with Crippen molar-refractivity contribution < 1.29 is 13.2 Å². The lowest BCUT2D eigenvalue weighted by Gasteiger charge is -2.28. The zero-order valence-electron chi connectivity index (χ0n) is 14.2. The number of hydrogen-bond donors (Lipinski definition) is 1.